The monoisotopic (exact) mass is 129 g/mol. The van der Waals surface area contributed by atoms with Crippen molar-refractivity contribution in [1.29, 1.82) is 0 Å². The maximum absolute atomic E-state index is 10.2. The van der Waals surface area contributed by atoms with Gasteiger partial charge >= 0.3 is 5.97 Å². The van der Waals surface area contributed by atoms with Crippen LogP contribution < -0.4 is 5.73 Å². The number of carboxylic acid groups (broad SMARTS) is 1. The lowest BCUT2D eigenvalue weighted by Crippen LogP contribution is -2.07. The second-order valence-electron chi connectivity index (χ2n) is 1.91. The lowest BCUT2D eigenvalue weighted by atomic mass is 10.1. The van der Waals surface area contributed by atoms with Crippen LogP contribution in [0.2, 0.25) is 0 Å². The minimum absolute atomic E-state index is 0.318. The Morgan fingerprint density at radius 1 is 1.56 bits per heavy atom. The Labute approximate surface area is 54.2 Å². The summed E-state index contributed by atoms with van der Waals surface area (Å²) in [4.78, 5) is 10.2. The van der Waals surface area contributed by atoms with Crippen LogP contribution in [0.3, 0.4) is 0 Å². The van der Waals surface area contributed by atoms with Gasteiger partial charge in [0, 0.05) is 12.1 Å². The van der Waals surface area contributed by atoms with E-state index in [-0.39, 0.29) is 0 Å². The molecule has 0 atom stereocenters. The molecule has 0 aliphatic carbocycles. The predicted octanol–water partition coefficient (Wildman–Crippen LogP) is 0.366. The Morgan fingerprint density at radius 2 is 2.00 bits per heavy atom. The van der Waals surface area contributed by atoms with Crippen molar-refractivity contribution in [2.24, 2.45) is 5.73 Å². The molecule has 0 rings (SSSR count). The van der Waals surface area contributed by atoms with Crippen LogP contribution in [0.15, 0.2) is 11.1 Å². The van der Waals surface area contributed by atoms with E-state index < -0.39 is 5.97 Å². The van der Waals surface area contributed by atoms with E-state index in [0.29, 0.717) is 12.1 Å². The Bertz CT molecular complexity index is 149. The summed E-state index contributed by atoms with van der Waals surface area (Å²) in [6.45, 7) is 3.58. The highest BCUT2D eigenvalue weighted by molar-refractivity contribution is 5.86. The molecular formula is C6H11NO2. The van der Waals surface area contributed by atoms with Crippen molar-refractivity contribution in [1.82, 2.24) is 0 Å². The molecule has 3 N–H and O–H groups in total. The summed E-state index contributed by atoms with van der Waals surface area (Å²) < 4.78 is 0. The zero-order valence-corrected chi connectivity index (χ0v) is 5.64. The van der Waals surface area contributed by atoms with Crippen LogP contribution in [0.25, 0.3) is 0 Å². The molecule has 0 bridgehead atoms. The Balaban J connectivity index is 4.28. The van der Waals surface area contributed by atoms with Gasteiger partial charge in [-0.1, -0.05) is 0 Å². The lowest BCUT2D eigenvalue weighted by molar-refractivity contribution is -0.132. The topological polar surface area (TPSA) is 63.3 Å². The first-order chi connectivity index (χ1) is 4.09. The van der Waals surface area contributed by atoms with Gasteiger partial charge in [-0.2, -0.15) is 0 Å². The Morgan fingerprint density at radius 3 is 2.11 bits per heavy atom. The normalized spacial score (nSPS) is 12.8. The molecule has 0 aliphatic heterocycles. The zero-order valence-electron chi connectivity index (χ0n) is 5.64. The maximum Gasteiger partial charge on any atom is 0.331 e. The van der Waals surface area contributed by atoms with E-state index >= 15 is 0 Å². The van der Waals surface area contributed by atoms with E-state index in [1.807, 2.05) is 0 Å². The van der Waals surface area contributed by atoms with Gasteiger partial charge in [-0.05, 0) is 19.4 Å². The summed E-state index contributed by atoms with van der Waals surface area (Å²) in [5, 5.41) is 8.37. The molecule has 0 aromatic carbocycles. The van der Waals surface area contributed by atoms with Crippen LogP contribution in [0.1, 0.15) is 13.8 Å². The first-order valence-corrected chi connectivity index (χ1v) is 2.69. The van der Waals surface area contributed by atoms with Crippen molar-refractivity contribution in [3.63, 3.8) is 0 Å². The van der Waals surface area contributed by atoms with Gasteiger partial charge in [0.2, 0.25) is 0 Å². The number of carboxylic acids is 1. The van der Waals surface area contributed by atoms with Crippen molar-refractivity contribution in [3.8, 4) is 0 Å². The molecule has 9 heavy (non-hydrogen) atoms. The van der Waals surface area contributed by atoms with Gasteiger partial charge in [0.25, 0.3) is 0 Å². The van der Waals surface area contributed by atoms with Gasteiger partial charge in [-0.15, -0.1) is 0 Å². The number of hydrogen-bond acceptors (Lipinski definition) is 2. The van der Waals surface area contributed by atoms with Gasteiger partial charge in [0.15, 0.2) is 0 Å². The molecule has 0 aromatic rings. The van der Waals surface area contributed by atoms with Crippen LogP contribution in [-0.2, 0) is 4.79 Å². The fourth-order valence-corrected chi connectivity index (χ4v) is 0.336. The van der Waals surface area contributed by atoms with E-state index in [0.717, 1.165) is 5.57 Å². The highest BCUT2D eigenvalue weighted by Crippen LogP contribution is 1.99. The first-order valence-electron chi connectivity index (χ1n) is 2.69. The van der Waals surface area contributed by atoms with Gasteiger partial charge in [-0.25, -0.2) is 4.79 Å². The maximum atomic E-state index is 10.2. The Kier molecular flexibility index (Phi) is 2.95. The molecule has 0 fully saturated rings. The third-order valence-corrected chi connectivity index (χ3v) is 1.27. The summed E-state index contributed by atoms with van der Waals surface area (Å²) in [6, 6.07) is 0. The molecule has 0 saturated heterocycles. The predicted molar refractivity (Wildman–Crippen MR) is 35.1 cm³/mol. The van der Waals surface area contributed by atoms with Gasteiger partial charge in [0.1, 0.15) is 0 Å². The third kappa shape index (κ3) is 2.28. The molecule has 0 aliphatic rings. The van der Waals surface area contributed by atoms with Crippen LogP contribution in [0.4, 0.5) is 0 Å². The number of nitrogens with two attached hydrogens (primary N) is 1. The molecular weight excluding hydrogens is 118 g/mol. The molecule has 0 radical (unpaired) electrons. The number of rotatable bonds is 2. The second kappa shape index (κ2) is 3.25. The van der Waals surface area contributed by atoms with E-state index in [4.69, 9.17) is 10.8 Å². The molecule has 0 amide bonds. The van der Waals surface area contributed by atoms with Crippen LogP contribution in [0, 0.1) is 0 Å². The summed E-state index contributed by atoms with van der Waals surface area (Å²) in [7, 11) is 0. The summed E-state index contributed by atoms with van der Waals surface area (Å²) in [5.41, 5.74) is 6.26. The fraction of sp³-hybridized carbons (Fsp3) is 0.500. The van der Waals surface area contributed by atoms with Crippen molar-refractivity contribution >= 4 is 5.97 Å². The van der Waals surface area contributed by atoms with Crippen molar-refractivity contribution in [2.75, 3.05) is 6.54 Å². The molecule has 3 heteroatoms. The molecule has 0 aromatic heterocycles. The summed E-state index contributed by atoms with van der Waals surface area (Å²) in [5.74, 6) is -0.891. The smallest absolute Gasteiger partial charge is 0.331 e. The number of carbonyl (C=O) groups is 1. The van der Waals surface area contributed by atoms with Crippen LogP contribution in [-0.4, -0.2) is 17.6 Å². The van der Waals surface area contributed by atoms with Gasteiger partial charge < -0.3 is 10.8 Å². The van der Waals surface area contributed by atoms with Crippen LogP contribution in [0.5, 0.6) is 0 Å². The van der Waals surface area contributed by atoms with E-state index in [9.17, 15) is 4.79 Å². The number of aliphatic carboxylic acids is 1. The molecule has 0 unspecified atom stereocenters. The molecule has 3 nitrogen and oxygen atoms in total. The lowest BCUT2D eigenvalue weighted by Gasteiger charge is -1.97. The van der Waals surface area contributed by atoms with Crippen molar-refractivity contribution < 1.29 is 9.90 Å². The molecule has 0 heterocycles. The standard InChI is InChI=1S/C6H11NO2/c1-4(3-7)5(2)6(8)9/h3,7H2,1-2H3,(H,8,9)/b5-4+. The molecule has 0 spiro atoms. The van der Waals surface area contributed by atoms with E-state index in [1.54, 1.807) is 13.8 Å². The van der Waals surface area contributed by atoms with E-state index in [2.05, 4.69) is 0 Å². The highest BCUT2D eigenvalue weighted by atomic mass is 16.4. The SMILES string of the molecule is C/C(CN)=C(/C)C(=O)O. The van der Waals surface area contributed by atoms with Crippen molar-refractivity contribution in [2.45, 2.75) is 13.8 Å². The average molecular weight is 129 g/mol. The van der Waals surface area contributed by atoms with Gasteiger partial charge in [-0.3, -0.25) is 0 Å². The zero-order chi connectivity index (χ0) is 7.44. The fourth-order valence-electron chi connectivity index (χ4n) is 0.336. The van der Waals surface area contributed by atoms with Crippen LogP contribution >= 0.6 is 0 Å². The second-order valence-corrected chi connectivity index (χ2v) is 1.91. The Hall–Kier alpha value is -0.830. The highest BCUT2D eigenvalue weighted by Gasteiger charge is 2.01. The third-order valence-electron chi connectivity index (χ3n) is 1.27. The number of hydrogen-bond donors (Lipinski definition) is 2. The van der Waals surface area contributed by atoms with Crippen molar-refractivity contribution in [3.05, 3.63) is 11.1 Å². The molecule has 0 saturated carbocycles. The minimum Gasteiger partial charge on any atom is -0.478 e. The average Bonchev–Trinajstić information content (AvgIpc) is 1.84. The summed E-state index contributed by atoms with van der Waals surface area (Å²) >= 11 is 0. The minimum atomic E-state index is -0.891. The largest absolute Gasteiger partial charge is 0.478 e. The first kappa shape index (κ1) is 8.17. The van der Waals surface area contributed by atoms with Gasteiger partial charge in [0.05, 0.1) is 0 Å². The molecule has 52 valence electrons. The quantitative estimate of drug-likeness (QED) is 0.529. The van der Waals surface area contributed by atoms with E-state index in [1.165, 1.54) is 0 Å². The summed E-state index contributed by atoms with van der Waals surface area (Å²) in [6.07, 6.45) is 0.